The molecular formula is C14H19N3O2. The molecule has 2 fully saturated rings. The number of carbonyl (C=O) groups is 1. The Morgan fingerprint density at radius 1 is 1.11 bits per heavy atom. The number of nitrogens with one attached hydrogen (secondary N) is 1. The quantitative estimate of drug-likeness (QED) is 0.813. The second-order valence-corrected chi connectivity index (χ2v) is 5.02. The molecule has 1 N–H and O–H groups in total. The van der Waals surface area contributed by atoms with Gasteiger partial charge in [-0.3, -0.25) is 9.69 Å². The van der Waals surface area contributed by atoms with Crippen LogP contribution in [0, 0.1) is 0 Å². The van der Waals surface area contributed by atoms with Crippen LogP contribution in [0.5, 0.6) is 0 Å². The fourth-order valence-electron chi connectivity index (χ4n) is 2.62. The van der Waals surface area contributed by atoms with Crippen molar-refractivity contribution in [1.82, 2.24) is 4.90 Å². The van der Waals surface area contributed by atoms with E-state index >= 15 is 0 Å². The molecule has 3 rings (SSSR count). The van der Waals surface area contributed by atoms with Crippen molar-refractivity contribution in [3.8, 4) is 0 Å². The van der Waals surface area contributed by atoms with Gasteiger partial charge < -0.3 is 15.0 Å². The number of piperazine rings is 1. The first-order valence-corrected chi connectivity index (χ1v) is 6.74. The third-order valence-electron chi connectivity index (χ3n) is 3.91. The number of anilines is 2. The average Bonchev–Trinajstić information content (AvgIpc) is 2.39. The van der Waals surface area contributed by atoms with Crippen molar-refractivity contribution >= 4 is 17.8 Å². The Balaban J connectivity index is 1.56. The molecule has 0 spiro atoms. The van der Waals surface area contributed by atoms with Crippen LogP contribution in [0.3, 0.4) is 0 Å². The lowest BCUT2D eigenvalue weighted by Crippen LogP contribution is -2.56. The van der Waals surface area contributed by atoms with Crippen LogP contribution in [-0.4, -0.2) is 56.7 Å². The Morgan fingerprint density at radius 2 is 1.79 bits per heavy atom. The molecule has 0 aromatic heterocycles. The Labute approximate surface area is 113 Å². The van der Waals surface area contributed by atoms with Crippen LogP contribution in [0.2, 0.25) is 0 Å². The summed E-state index contributed by atoms with van der Waals surface area (Å²) in [6.07, 6.45) is 0.703. The molecular weight excluding hydrogens is 242 g/mol. The number of benzene rings is 1. The number of amides is 1. The Hall–Kier alpha value is -1.59. The summed E-state index contributed by atoms with van der Waals surface area (Å²) in [4.78, 5) is 15.3. The van der Waals surface area contributed by atoms with E-state index in [0.29, 0.717) is 12.5 Å². The zero-order valence-electron chi connectivity index (χ0n) is 10.9. The lowest BCUT2D eigenvalue weighted by atomic mass is 10.1. The molecule has 2 heterocycles. The van der Waals surface area contributed by atoms with Gasteiger partial charge in [0.25, 0.3) is 0 Å². The Kier molecular flexibility index (Phi) is 3.66. The maximum atomic E-state index is 10.4. The molecule has 102 valence electrons. The average molecular weight is 261 g/mol. The standard InChI is InChI=1S/C14H19N3O2/c18-11-15-12-1-3-13(4-2-12)16-5-7-17(8-6-16)14-9-19-10-14/h1-4,11,14H,5-10H2,(H,15,18). The summed E-state index contributed by atoms with van der Waals surface area (Å²) in [5.41, 5.74) is 2.06. The monoisotopic (exact) mass is 261 g/mol. The molecule has 0 aliphatic carbocycles. The number of nitrogens with zero attached hydrogens (tertiary/aromatic N) is 2. The van der Waals surface area contributed by atoms with E-state index in [1.807, 2.05) is 12.1 Å². The molecule has 0 bridgehead atoms. The second-order valence-electron chi connectivity index (χ2n) is 5.02. The molecule has 0 atom stereocenters. The van der Waals surface area contributed by atoms with Crippen LogP contribution < -0.4 is 10.2 Å². The predicted molar refractivity (Wildman–Crippen MR) is 74.5 cm³/mol. The van der Waals surface area contributed by atoms with E-state index in [2.05, 4.69) is 27.2 Å². The van der Waals surface area contributed by atoms with Crippen molar-refractivity contribution in [3.63, 3.8) is 0 Å². The van der Waals surface area contributed by atoms with Crippen molar-refractivity contribution in [3.05, 3.63) is 24.3 Å². The van der Waals surface area contributed by atoms with E-state index in [9.17, 15) is 4.79 Å². The van der Waals surface area contributed by atoms with Crippen LogP contribution in [0.15, 0.2) is 24.3 Å². The van der Waals surface area contributed by atoms with Crippen molar-refractivity contribution < 1.29 is 9.53 Å². The van der Waals surface area contributed by atoms with Gasteiger partial charge in [0, 0.05) is 37.6 Å². The van der Waals surface area contributed by atoms with Gasteiger partial charge in [-0.05, 0) is 24.3 Å². The third kappa shape index (κ3) is 2.72. The van der Waals surface area contributed by atoms with Gasteiger partial charge in [0.05, 0.1) is 19.3 Å². The summed E-state index contributed by atoms with van der Waals surface area (Å²) in [6.45, 7) is 6.09. The van der Waals surface area contributed by atoms with E-state index in [-0.39, 0.29) is 0 Å². The van der Waals surface area contributed by atoms with E-state index in [1.54, 1.807) is 0 Å². The highest BCUT2D eigenvalue weighted by Gasteiger charge is 2.28. The van der Waals surface area contributed by atoms with Crippen molar-refractivity contribution in [1.29, 1.82) is 0 Å². The van der Waals surface area contributed by atoms with Gasteiger partial charge in [0.1, 0.15) is 0 Å². The highest BCUT2D eigenvalue weighted by Crippen LogP contribution is 2.21. The maximum Gasteiger partial charge on any atom is 0.211 e. The Morgan fingerprint density at radius 3 is 2.32 bits per heavy atom. The molecule has 1 aromatic carbocycles. The number of hydrogen-bond donors (Lipinski definition) is 1. The Bertz CT molecular complexity index is 423. The van der Waals surface area contributed by atoms with Gasteiger partial charge in [0.2, 0.25) is 6.41 Å². The third-order valence-corrected chi connectivity index (χ3v) is 3.91. The molecule has 2 saturated heterocycles. The first-order chi connectivity index (χ1) is 9.36. The van der Waals surface area contributed by atoms with Crippen LogP contribution in [0.25, 0.3) is 0 Å². The van der Waals surface area contributed by atoms with E-state index in [0.717, 1.165) is 45.1 Å². The van der Waals surface area contributed by atoms with Gasteiger partial charge in [-0.25, -0.2) is 0 Å². The largest absolute Gasteiger partial charge is 0.378 e. The minimum absolute atomic E-state index is 0.640. The van der Waals surface area contributed by atoms with Gasteiger partial charge >= 0.3 is 0 Å². The van der Waals surface area contributed by atoms with Crippen LogP contribution in [0.1, 0.15) is 0 Å². The van der Waals surface area contributed by atoms with E-state index < -0.39 is 0 Å². The van der Waals surface area contributed by atoms with Crippen LogP contribution >= 0.6 is 0 Å². The lowest BCUT2D eigenvalue weighted by Gasteiger charge is -2.43. The van der Waals surface area contributed by atoms with Crippen LogP contribution in [-0.2, 0) is 9.53 Å². The minimum atomic E-state index is 0.640. The summed E-state index contributed by atoms with van der Waals surface area (Å²) in [6, 6.07) is 8.65. The molecule has 1 amide bonds. The zero-order valence-corrected chi connectivity index (χ0v) is 10.9. The van der Waals surface area contributed by atoms with Crippen molar-refractivity contribution in [2.45, 2.75) is 6.04 Å². The van der Waals surface area contributed by atoms with Crippen LogP contribution in [0.4, 0.5) is 11.4 Å². The molecule has 0 radical (unpaired) electrons. The predicted octanol–water partition coefficient (Wildman–Crippen LogP) is 0.776. The topological polar surface area (TPSA) is 44.8 Å². The van der Waals surface area contributed by atoms with Gasteiger partial charge in [-0.1, -0.05) is 0 Å². The second kappa shape index (κ2) is 5.59. The summed E-state index contributed by atoms with van der Waals surface area (Å²) in [7, 11) is 0. The molecule has 5 nitrogen and oxygen atoms in total. The maximum absolute atomic E-state index is 10.4. The minimum Gasteiger partial charge on any atom is -0.378 e. The normalized spacial score (nSPS) is 20.9. The van der Waals surface area contributed by atoms with Gasteiger partial charge in [-0.15, -0.1) is 0 Å². The highest BCUT2D eigenvalue weighted by molar-refractivity contribution is 5.72. The zero-order chi connectivity index (χ0) is 13.1. The van der Waals surface area contributed by atoms with Gasteiger partial charge in [0.15, 0.2) is 0 Å². The fourth-order valence-corrected chi connectivity index (χ4v) is 2.62. The highest BCUT2D eigenvalue weighted by atomic mass is 16.5. The molecule has 19 heavy (non-hydrogen) atoms. The number of hydrogen-bond acceptors (Lipinski definition) is 4. The lowest BCUT2D eigenvalue weighted by molar-refractivity contribution is -0.105. The molecule has 0 unspecified atom stereocenters. The van der Waals surface area contributed by atoms with Crippen molar-refractivity contribution in [2.75, 3.05) is 49.6 Å². The van der Waals surface area contributed by atoms with Gasteiger partial charge in [-0.2, -0.15) is 0 Å². The smallest absolute Gasteiger partial charge is 0.211 e. The summed E-state index contributed by atoms with van der Waals surface area (Å²) < 4.78 is 5.25. The SMILES string of the molecule is O=CNc1ccc(N2CCN(C3COC3)CC2)cc1. The summed E-state index contributed by atoms with van der Waals surface area (Å²) in [5.74, 6) is 0. The molecule has 2 aliphatic rings. The molecule has 0 saturated carbocycles. The first-order valence-electron chi connectivity index (χ1n) is 6.74. The number of ether oxygens (including phenoxy) is 1. The fraction of sp³-hybridized carbons (Fsp3) is 0.500. The van der Waals surface area contributed by atoms with E-state index in [1.165, 1.54) is 5.69 Å². The summed E-state index contributed by atoms with van der Waals surface area (Å²) >= 11 is 0. The van der Waals surface area contributed by atoms with Crippen molar-refractivity contribution in [2.24, 2.45) is 0 Å². The number of rotatable bonds is 4. The molecule has 2 aliphatic heterocycles. The number of carbonyl (C=O) groups excluding carboxylic acids is 1. The first kappa shape index (κ1) is 12.4. The molecule has 1 aromatic rings. The molecule has 5 heteroatoms. The van der Waals surface area contributed by atoms with E-state index in [4.69, 9.17) is 4.74 Å². The summed E-state index contributed by atoms with van der Waals surface area (Å²) in [5, 5.41) is 2.65.